The largest absolute Gasteiger partial charge is 1.00 e. The normalized spacial score (nSPS) is 15.2. The van der Waals surface area contributed by atoms with Crippen LogP contribution in [0.5, 0.6) is 0 Å². The number of aromatic nitrogens is 3. The van der Waals surface area contributed by atoms with Crippen molar-refractivity contribution in [3.63, 3.8) is 0 Å². The van der Waals surface area contributed by atoms with Gasteiger partial charge in [0.25, 0.3) is 0 Å². The van der Waals surface area contributed by atoms with Crippen LogP contribution in [0.4, 0.5) is 0 Å². The first-order valence-corrected chi connectivity index (χ1v) is 6.22. The molecule has 1 aliphatic rings. The predicted molar refractivity (Wildman–Crippen MR) is 61.6 cm³/mol. The molecule has 0 amide bonds. The standard InChI is InChI=1S/C11H10BrN3O2.K/c12-9-5-10-13-7(11(16)17)4-8(15(10)14-9)6-2-1-3-6;/h4-6H,1-3H2,(H,16,17);/q;+1/p-1. The fourth-order valence-corrected chi connectivity index (χ4v) is 2.43. The van der Waals surface area contributed by atoms with E-state index < -0.39 is 5.97 Å². The Balaban J connectivity index is 0.00000120. The molecular weight excluding hydrogens is 325 g/mol. The number of fused-ring (bicyclic) bond motifs is 1. The summed E-state index contributed by atoms with van der Waals surface area (Å²) < 4.78 is 2.36. The Morgan fingerprint density at radius 3 is 2.72 bits per heavy atom. The summed E-state index contributed by atoms with van der Waals surface area (Å²) >= 11 is 3.27. The van der Waals surface area contributed by atoms with E-state index in [0.29, 0.717) is 16.2 Å². The molecule has 0 atom stereocenters. The summed E-state index contributed by atoms with van der Waals surface area (Å²) in [5, 5.41) is 15.2. The molecule has 18 heavy (non-hydrogen) atoms. The third kappa shape index (κ3) is 2.57. The number of nitrogens with zero attached hydrogens (tertiary/aromatic N) is 3. The average molecular weight is 334 g/mol. The third-order valence-corrected chi connectivity index (χ3v) is 3.55. The van der Waals surface area contributed by atoms with Crippen molar-refractivity contribution in [2.75, 3.05) is 0 Å². The van der Waals surface area contributed by atoms with Crippen molar-refractivity contribution >= 4 is 27.5 Å². The number of carbonyl (C=O) groups excluding carboxylic acids is 1. The Hall–Kier alpha value is 0.206. The van der Waals surface area contributed by atoms with E-state index in [1.165, 1.54) is 6.42 Å². The first-order valence-electron chi connectivity index (χ1n) is 5.43. The summed E-state index contributed by atoms with van der Waals surface area (Å²) in [6.07, 6.45) is 3.32. The van der Waals surface area contributed by atoms with Crippen LogP contribution >= 0.6 is 15.9 Å². The second kappa shape index (κ2) is 5.68. The minimum atomic E-state index is -1.25. The number of carboxylic acid groups (broad SMARTS) is 1. The number of halogens is 1. The summed E-state index contributed by atoms with van der Waals surface area (Å²) in [4.78, 5) is 14.9. The molecule has 1 aliphatic carbocycles. The molecular formula is C11H9BrKN3O2. The number of rotatable bonds is 2. The minimum Gasteiger partial charge on any atom is -0.543 e. The molecule has 0 unspecified atom stereocenters. The van der Waals surface area contributed by atoms with Crippen LogP contribution in [0.3, 0.4) is 0 Å². The van der Waals surface area contributed by atoms with Crippen LogP contribution in [0.2, 0.25) is 0 Å². The maximum atomic E-state index is 10.9. The molecule has 0 aliphatic heterocycles. The van der Waals surface area contributed by atoms with Crippen molar-refractivity contribution in [2.24, 2.45) is 0 Å². The first kappa shape index (κ1) is 14.6. The van der Waals surface area contributed by atoms with Gasteiger partial charge in [-0.25, -0.2) is 9.50 Å². The van der Waals surface area contributed by atoms with Crippen LogP contribution in [0.25, 0.3) is 5.65 Å². The predicted octanol–water partition coefficient (Wildman–Crippen LogP) is -1.87. The molecule has 0 aromatic carbocycles. The van der Waals surface area contributed by atoms with Crippen LogP contribution in [-0.4, -0.2) is 20.6 Å². The van der Waals surface area contributed by atoms with Gasteiger partial charge in [-0.05, 0) is 34.8 Å². The van der Waals surface area contributed by atoms with Gasteiger partial charge in [0.2, 0.25) is 0 Å². The summed E-state index contributed by atoms with van der Waals surface area (Å²) in [6, 6.07) is 3.28. The zero-order chi connectivity index (χ0) is 12.0. The maximum Gasteiger partial charge on any atom is 1.00 e. The van der Waals surface area contributed by atoms with Crippen LogP contribution in [0.15, 0.2) is 16.7 Å². The van der Waals surface area contributed by atoms with Crippen molar-refractivity contribution in [2.45, 2.75) is 25.2 Å². The van der Waals surface area contributed by atoms with E-state index in [1.54, 1.807) is 16.6 Å². The molecule has 5 nitrogen and oxygen atoms in total. The fourth-order valence-electron chi connectivity index (χ4n) is 2.07. The van der Waals surface area contributed by atoms with Crippen LogP contribution in [0, 0.1) is 0 Å². The molecule has 0 bridgehead atoms. The van der Waals surface area contributed by atoms with Crippen molar-refractivity contribution in [1.82, 2.24) is 14.6 Å². The Labute approximate surface area is 155 Å². The number of carbonyl (C=O) groups is 1. The van der Waals surface area contributed by atoms with Gasteiger partial charge in [0, 0.05) is 17.7 Å². The summed E-state index contributed by atoms with van der Waals surface area (Å²) in [5.41, 5.74) is 1.43. The second-order valence-corrected chi connectivity index (χ2v) is 5.03. The molecule has 2 aromatic heterocycles. The van der Waals surface area contributed by atoms with Gasteiger partial charge in [-0.15, -0.1) is 0 Å². The van der Waals surface area contributed by atoms with Gasteiger partial charge in [-0.1, -0.05) is 6.42 Å². The van der Waals surface area contributed by atoms with E-state index in [0.717, 1.165) is 18.5 Å². The van der Waals surface area contributed by atoms with E-state index >= 15 is 0 Å². The second-order valence-electron chi connectivity index (χ2n) is 4.22. The summed E-state index contributed by atoms with van der Waals surface area (Å²) in [6.45, 7) is 0. The fraction of sp³-hybridized carbons (Fsp3) is 0.364. The average Bonchev–Trinajstić information content (AvgIpc) is 2.55. The summed E-state index contributed by atoms with van der Waals surface area (Å²) in [5.74, 6) is -0.865. The number of aromatic carboxylic acids is 1. The Bertz CT molecular complexity index is 610. The van der Waals surface area contributed by atoms with Crippen molar-refractivity contribution in [3.8, 4) is 0 Å². The van der Waals surface area contributed by atoms with E-state index in [2.05, 4.69) is 26.0 Å². The monoisotopic (exact) mass is 333 g/mol. The van der Waals surface area contributed by atoms with Gasteiger partial charge >= 0.3 is 51.4 Å². The number of hydrogen-bond acceptors (Lipinski definition) is 4. The zero-order valence-electron chi connectivity index (χ0n) is 9.89. The molecule has 0 saturated heterocycles. The quantitative estimate of drug-likeness (QED) is 0.603. The van der Waals surface area contributed by atoms with Gasteiger partial charge in [-0.3, -0.25) is 0 Å². The van der Waals surface area contributed by atoms with Crippen molar-refractivity contribution in [3.05, 3.63) is 28.1 Å². The molecule has 1 fully saturated rings. The maximum absolute atomic E-state index is 10.9. The van der Waals surface area contributed by atoms with Gasteiger partial charge in [0.15, 0.2) is 5.65 Å². The van der Waals surface area contributed by atoms with Crippen LogP contribution in [0.1, 0.15) is 41.4 Å². The topological polar surface area (TPSA) is 70.3 Å². The van der Waals surface area contributed by atoms with Gasteiger partial charge in [0.05, 0.1) is 11.7 Å². The number of carboxylic acids is 1. The van der Waals surface area contributed by atoms with Crippen LogP contribution in [-0.2, 0) is 0 Å². The molecule has 0 spiro atoms. The van der Waals surface area contributed by atoms with E-state index in [1.807, 2.05) is 0 Å². The van der Waals surface area contributed by atoms with Gasteiger partial charge in [0.1, 0.15) is 4.60 Å². The molecule has 1 saturated carbocycles. The zero-order valence-corrected chi connectivity index (χ0v) is 14.6. The Kier molecular flexibility index (Phi) is 4.61. The molecule has 7 heteroatoms. The number of hydrogen-bond donors (Lipinski definition) is 0. The van der Waals surface area contributed by atoms with E-state index in [-0.39, 0.29) is 57.1 Å². The molecule has 2 aromatic rings. The van der Waals surface area contributed by atoms with Gasteiger partial charge < -0.3 is 9.90 Å². The van der Waals surface area contributed by atoms with Crippen LogP contribution < -0.4 is 56.5 Å². The smallest absolute Gasteiger partial charge is 0.543 e. The first-order chi connectivity index (χ1) is 8.15. The molecule has 3 rings (SSSR count). The SMILES string of the molecule is O=C([O-])c1cc(C2CCC2)n2nc(Br)cc2n1.[K+]. The molecule has 0 N–H and O–H groups in total. The van der Waals surface area contributed by atoms with E-state index in [4.69, 9.17) is 0 Å². The summed E-state index contributed by atoms with van der Waals surface area (Å²) in [7, 11) is 0. The molecule has 0 radical (unpaired) electrons. The van der Waals surface area contributed by atoms with Crippen molar-refractivity contribution < 1.29 is 61.3 Å². The van der Waals surface area contributed by atoms with Gasteiger partial charge in [-0.2, -0.15) is 5.10 Å². The Morgan fingerprint density at radius 2 is 2.17 bits per heavy atom. The third-order valence-electron chi connectivity index (χ3n) is 3.16. The van der Waals surface area contributed by atoms with E-state index in [9.17, 15) is 9.90 Å². The minimum absolute atomic E-state index is 0. The van der Waals surface area contributed by atoms with Crippen molar-refractivity contribution in [1.29, 1.82) is 0 Å². The molecule has 2 heterocycles. The Morgan fingerprint density at radius 1 is 1.44 bits per heavy atom. The molecule has 88 valence electrons.